The number of aromatic nitrogens is 2. The number of hydrogen-bond donors (Lipinski definition) is 1. The average Bonchev–Trinajstić information content (AvgIpc) is 3.17. The van der Waals surface area contributed by atoms with Gasteiger partial charge in [0.05, 0.1) is 10.0 Å². The maximum atomic E-state index is 9.66. The summed E-state index contributed by atoms with van der Waals surface area (Å²) in [5, 5.41) is 19.0. The van der Waals surface area contributed by atoms with Gasteiger partial charge in [0.25, 0.3) is 5.19 Å². The van der Waals surface area contributed by atoms with Crippen molar-refractivity contribution in [3.63, 3.8) is 0 Å². The Morgan fingerprint density at radius 1 is 0.750 bits per heavy atom. The molecule has 4 rings (SSSR count). The van der Waals surface area contributed by atoms with Crippen LogP contribution < -0.4 is 9.47 Å². The Kier molecular flexibility index (Phi) is 5.34. The van der Waals surface area contributed by atoms with Crippen molar-refractivity contribution >= 4 is 34.5 Å². The number of phenolic OH excluding ortho intramolecular Hbond substituents is 1. The van der Waals surface area contributed by atoms with Crippen LogP contribution in [-0.2, 0) is 0 Å². The summed E-state index contributed by atoms with van der Waals surface area (Å²) in [5.74, 6) is 1.90. The van der Waals surface area contributed by atoms with Crippen LogP contribution in [0.3, 0.4) is 0 Å². The highest BCUT2D eigenvalue weighted by molar-refractivity contribution is 7.16. The molecule has 0 atom stereocenters. The molecule has 1 N–H and O–H groups in total. The molecule has 0 aliphatic carbocycles. The minimum Gasteiger partial charge on any atom is -0.505 e. The Morgan fingerprint density at radius 3 is 1.96 bits per heavy atom. The fourth-order valence-corrected chi connectivity index (χ4v) is 3.55. The number of hydrogen-bond acceptors (Lipinski definition) is 6. The van der Waals surface area contributed by atoms with Crippen molar-refractivity contribution < 1.29 is 14.6 Å². The molecule has 8 heteroatoms. The van der Waals surface area contributed by atoms with E-state index < -0.39 is 0 Å². The van der Waals surface area contributed by atoms with Crippen molar-refractivity contribution in [2.75, 3.05) is 0 Å². The van der Waals surface area contributed by atoms with Crippen molar-refractivity contribution in [1.29, 1.82) is 0 Å². The summed E-state index contributed by atoms with van der Waals surface area (Å²) in [5.41, 5.74) is 0.645. The zero-order valence-corrected chi connectivity index (χ0v) is 16.5. The second-order valence-electron chi connectivity index (χ2n) is 5.65. The van der Waals surface area contributed by atoms with Gasteiger partial charge in [-0.2, -0.15) is 0 Å². The normalized spacial score (nSPS) is 10.6. The first-order valence-corrected chi connectivity index (χ1v) is 9.68. The zero-order valence-electron chi connectivity index (χ0n) is 14.2. The molecule has 0 bridgehead atoms. The molecule has 5 nitrogen and oxygen atoms in total. The zero-order chi connectivity index (χ0) is 19.5. The number of rotatable bonds is 5. The molecule has 0 aliphatic heterocycles. The first-order chi connectivity index (χ1) is 13.6. The second-order valence-corrected chi connectivity index (χ2v) is 7.40. The molecule has 3 aromatic carbocycles. The highest BCUT2D eigenvalue weighted by Crippen LogP contribution is 2.38. The van der Waals surface area contributed by atoms with E-state index in [-0.39, 0.29) is 15.8 Å². The molecule has 0 aliphatic rings. The van der Waals surface area contributed by atoms with Crippen LogP contribution >= 0.6 is 34.5 Å². The Balaban J connectivity index is 1.47. The molecular weight excluding hydrogens is 419 g/mol. The van der Waals surface area contributed by atoms with Gasteiger partial charge in [0.1, 0.15) is 17.2 Å². The molecule has 4 aromatic rings. The molecule has 0 saturated heterocycles. The van der Waals surface area contributed by atoms with Gasteiger partial charge in [-0.15, -0.1) is 5.10 Å². The summed E-state index contributed by atoms with van der Waals surface area (Å²) in [6, 6.07) is 19.9. The van der Waals surface area contributed by atoms with Crippen LogP contribution in [0.25, 0.3) is 10.6 Å². The molecule has 0 radical (unpaired) electrons. The molecule has 0 unspecified atom stereocenters. The monoisotopic (exact) mass is 430 g/mol. The van der Waals surface area contributed by atoms with Gasteiger partial charge in [-0.1, -0.05) is 57.8 Å². The van der Waals surface area contributed by atoms with Gasteiger partial charge in [0, 0.05) is 5.56 Å². The lowest BCUT2D eigenvalue weighted by molar-refractivity contribution is 0.464. The largest absolute Gasteiger partial charge is 0.505 e. The van der Waals surface area contributed by atoms with E-state index in [4.69, 9.17) is 32.7 Å². The van der Waals surface area contributed by atoms with Gasteiger partial charge in [0.2, 0.25) is 0 Å². The fraction of sp³-hybridized carbons (Fsp3) is 0. The van der Waals surface area contributed by atoms with Crippen LogP contribution in [0.1, 0.15) is 0 Å². The topological polar surface area (TPSA) is 64.5 Å². The van der Waals surface area contributed by atoms with Crippen LogP contribution in [0.15, 0.2) is 66.7 Å². The van der Waals surface area contributed by atoms with Gasteiger partial charge >= 0.3 is 0 Å². The van der Waals surface area contributed by atoms with E-state index in [1.165, 1.54) is 11.3 Å². The summed E-state index contributed by atoms with van der Waals surface area (Å²) in [6.07, 6.45) is 0. The van der Waals surface area contributed by atoms with Gasteiger partial charge in [-0.05, 0) is 48.5 Å². The van der Waals surface area contributed by atoms with E-state index in [9.17, 15) is 5.11 Å². The maximum absolute atomic E-state index is 9.66. The van der Waals surface area contributed by atoms with E-state index in [2.05, 4.69) is 10.2 Å². The third-order valence-corrected chi connectivity index (χ3v) is 5.10. The molecule has 0 saturated carbocycles. The molecule has 0 spiro atoms. The summed E-state index contributed by atoms with van der Waals surface area (Å²) < 4.78 is 11.5. The first kappa shape index (κ1) is 18.6. The number of phenols is 1. The molecule has 0 amide bonds. The number of benzene rings is 3. The molecule has 28 heavy (non-hydrogen) atoms. The van der Waals surface area contributed by atoms with E-state index >= 15 is 0 Å². The van der Waals surface area contributed by atoms with Crippen LogP contribution in [0.4, 0.5) is 0 Å². The molecule has 1 aromatic heterocycles. The van der Waals surface area contributed by atoms with Crippen LogP contribution in [0, 0.1) is 0 Å². The van der Waals surface area contributed by atoms with Crippen LogP contribution in [0.2, 0.25) is 10.0 Å². The molecular formula is C20H12Cl2N2O3S. The molecule has 140 valence electrons. The van der Waals surface area contributed by atoms with Crippen LogP contribution in [0.5, 0.6) is 28.2 Å². The average molecular weight is 431 g/mol. The van der Waals surface area contributed by atoms with E-state index in [0.29, 0.717) is 27.3 Å². The third-order valence-electron chi connectivity index (χ3n) is 3.68. The minimum atomic E-state index is -0.161. The van der Waals surface area contributed by atoms with Gasteiger partial charge in [0.15, 0.2) is 10.8 Å². The molecule has 0 fully saturated rings. The highest BCUT2D eigenvalue weighted by Gasteiger charge is 2.13. The van der Waals surface area contributed by atoms with Crippen molar-refractivity contribution in [2.45, 2.75) is 0 Å². The van der Waals surface area contributed by atoms with Crippen molar-refractivity contribution in [3.05, 3.63) is 76.8 Å². The lowest BCUT2D eigenvalue weighted by Crippen LogP contribution is -1.85. The number of ether oxygens (including phenoxy) is 2. The maximum Gasteiger partial charge on any atom is 0.299 e. The van der Waals surface area contributed by atoms with Gasteiger partial charge in [-0.25, -0.2) is 0 Å². The Morgan fingerprint density at radius 2 is 1.32 bits per heavy atom. The Hall–Kier alpha value is -2.80. The summed E-state index contributed by atoms with van der Waals surface area (Å²) >= 11 is 13.2. The number of nitrogens with zero attached hydrogens (tertiary/aromatic N) is 2. The summed E-state index contributed by atoms with van der Waals surface area (Å²) in [6.45, 7) is 0. The molecule has 1 heterocycles. The number of aromatic hydroxyl groups is 1. The summed E-state index contributed by atoms with van der Waals surface area (Å²) in [7, 11) is 0. The number of para-hydroxylation sites is 1. The quantitative estimate of drug-likeness (QED) is 0.376. The first-order valence-electron chi connectivity index (χ1n) is 8.11. The van der Waals surface area contributed by atoms with E-state index in [1.54, 1.807) is 24.3 Å². The van der Waals surface area contributed by atoms with Crippen molar-refractivity contribution in [1.82, 2.24) is 10.2 Å². The van der Waals surface area contributed by atoms with Gasteiger partial charge in [-0.3, -0.25) is 0 Å². The van der Waals surface area contributed by atoms with E-state index in [0.717, 1.165) is 5.75 Å². The second kappa shape index (κ2) is 8.06. The van der Waals surface area contributed by atoms with Crippen molar-refractivity contribution in [2.24, 2.45) is 0 Å². The summed E-state index contributed by atoms with van der Waals surface area (Å²) in [4.78, 5) is 0. The van der Waals surface area contributed by atoms with Crippen molar-refractivity contribution in [3.8, 4) is 38.8 Å². The minimum absolute atomic E-state index is 0.147. The predicted molar refractivity (Wildman–Crippen MR) is 110 cm³/mol. The Labute approximate surface area is 174 Å². The predicted octanol–water partition coefficient (Wildman–Crippen LogP) is 6.80. The lowest BCUT2D eigenvalue weighted by Gasteiger charge is -2.06. The van der Waals surface area contributed by atoms with Gasteiger partial charge < -0.3 is 14.6 Å². The lowest BCUT2D eigenvalue weighted by atomic mass is 10.2. The Bertz CT molecular complexity index is 1080. The standard InChI is InChI=1S/C20H12Cl2N2O3S/c21-16-10-12(11-17(22)18(16)25)19-23-24-20(28-19)27-15-8-6-14(7-9-15)26-13-4-2-1-3-5-13/h1-11,25H. The number of halogens is 2. The fourth-order valence-electron chi connectivity index (χ4n) is 2.36. The third kappa shape index (κ3) is 4.20. The smallest absolute Gasteiger partial charge is 0.299 e. The SMILES string of the molecule is Oc1c(Cl)cc(-c2nnc(Oc3ccc(Oc4ccccc4)cc3)s2)cc1Cl. The van der Waals surface area contributed by atoms with Crippen LogP contribution in [-0.4, -0.2) is 15.3 Å². The highest BCUT2D eigenvalue weighted by atomic mass is 35.5. The van der Waals surface area contributed by atoms with E-state index in [1.807, 2.05) is 42.5 Å².